The Balaban J connectivity index is 1.72. The third kappa shape index (κ3) is 11.3. The van der Waals surface area contributed by atoms with Crippen LogP contribution in [0.3, 0.4) is 0 Å². The Hall–Kier alpha value is -4.00. The lowest BCUT2D eigenvalue weighted by Gasteiger charge is -2.38. The van der Waals surface area contributed by atoms with Gasteiger partial charge in [0, 0.05) is 26.7 Å². The molecule has 0 saturated carbocycles. The molecule has 0 radical (unpaired) electrons. The van der Waals surface area contributed by atoms with Crippen molar-refractivity contribution in [2.24, 2.45) is 23.7 Å². The van der Waals surface area contributed by atoms with Crippen LogP contribution in [0.5, 0.6) is 0 Å². The van der Waals surface area contributed by atoms with Crippen molar-refractivity contribution in [1.82, 2.24) is 30.2 Å². The first kappa shape index (κ1) is 44.4. The third-order valence-electron chi connectivity index (χ3n) is 10.7. The lowest BCUT2D eigenvalue weighted by molar-refractivity contribution is -0.162. The number of likely N-dealkylation sites (tertiary alicyclic amines) is 2. The predicted octanol–water partition coefficient (Wildman–Crippen LogP) is 3.45. The van der Waals surface area contributed by atoms with E-state index >= 15 is 0 Å². The monoisotopic (exact) mass is 754 g/mol. The molecule has 13 nitrogen and oxygen atoms in total. The average Bonchev–Trinajstić information content (AvgIpc) is 3.80. The summed E-state index contributed by atoms with van der Waals surface area (Å²) in [6.45, 7) is 16.2. The lowest BCUT2D eigenvalue weighted by Crippen LogP contribution is -2.61. The van der Waals surface area contributed by atoms with Crippen molar-refractivity contribution in [3.8, 4) is 0 Å². The number of benzene rings is 1. The summed E-state index contributed by atoms with van der Waals surface area (Å²) in [5.41, 5.74) is 0.963. The highest BCUT2D eigenvalue weighted by molar-refractivity contribution is 5.96. The summed E-state index contributed by atoms with van der Waals surface area (Å²) >= 11 is 0. The quantitative estimate of drug-likeness (QED) is 0.230. The number of amides is 5. The normalized spacial score (nSPS) is 19.6. The molecule has 54 heavy (non-hydrogen) atoms. The van der Waals surface area contributed by atoms with Crippen LogP contribution in [-0.2, 0) is 40.0 Å². The fraction of sp³-hybridized carbons (Fsp3) is 0.707. The summed E-state index contributed by atoms with van der Waals surface area (Å²) in [5, 5.41) is 5.86. The summed E-state index contributed by atoms with van der Waals surface area (Å²) in [6.07, 6.45) is 1.40. The first-order valence-electron chi connectivity index (χ1n) is 19.7. The number of carbonyl (C=O) groups is 6. The summed E-state index contributed by atoms with van der Waals surface area (Å²) in [4.78, 5) is 88.8. The Morgan fingerprint density at radius 1 is 0.759 bits per heavy atom. The molecular formula is C41H66N6O7. The summed E-state index contributed by atoms with van der Waals surface area (Å²) in [7, 11) is 5.24. The van der Waals surface area contributed by atoms with E-state index in [1.807, 2.05) is 105 Å². The smallest absolute Gasteiger partial charge is 0.329 e. The molecule has 2 fully saturated rings. The second-order valence-electron chi connectivity index (χ2n) is 16.6. The maximum atomic E-state index is 14.4. The average molecular weight is 755 g/mol. The molecule has 0 aromatic heterocycles. The maximum Gasteiger partial charge on any atom is 0.329 e. The molecule has 6 atom stereocenters. The fourth-order valence-electron chi connectivity index (χ4n) is 7.76. The Kier molecular flexibility index (Phi) is 16.5. The minimum Gasteiger partial charge on any atom is -0.460 e. The molecule has 302 valence electrons. The van der Waals surface area contributed by atoms with Gasteiger partial charge in [0.05, 0.1) is 12.5 Å². The van der Waals surface area contributed by atoms with Gasteiger partial charge >= 0.3 is 5.97 Å². The van der Waals surface area contributed by atoms with Gasteiger partial charge in [-0.05, 0) is 69.0 Å². The molecule has 2 N–H and O–H groups in total. The molecule has 5 amide bonds. The van der Waals surface area contributed by atoms with Crippen LogP contribution in [0, 0.1) is 23.7 Å². The van der Waals surface area contributed by atoms with Crippen molar-refractivity contribution in [3.05, 3.63) is 35.9 Å². The van der Waals surface area contributed by atoms with Crippen LogP contribution >= 0.6 is 0 Å². The van der Waals surface area contributed by atoms with E-state index in [-0.39, 0.29) is 59.6 Å². The highest BCUT2D eigenvalue weighted by Gasteiger charge is 2.46. The molecule has 1 unspecified atom stereocenters. The van der Waals surface area contributed by atoms with Gasteiger partial charge in [0.15, 0.2) is 0 Å². The topological polar surface area (TPSA) is 149 Å². The zero-order valence-electron chi connectivity index (χ0n) is 34.5. The largest absolute Gasteiger partial charge is 0.460 e. The molecule has 1 aromatic carbocycles. The number of likely N-dealkylation sites (N-methyl/N-ethyl adjacent to an activating group) is 2. The first-order valence-corrected chi connectivity index (χ1v) is 19.7. The molecule has 2 saturated heterocycles. The number of nitrogens with one attached hydrogen (secondary N) is 2. The van der Waals surface area contributed by atoms with Crippen molar-refractivity contribution < 1.29 is 33.5 Å². The Morgan fingerprint density at radius 3 is 1.87 bits per heavy atom. The summed E-state index contributed by atoms with van der Waals surface area (Å²) in [6, 6.07) is 5.79. The van der Waals surface area contributed by atoms with Crippen LogP contribution in [0.2, 0.25) is 0 Å². The molecule has 13 heteroatoms. The summed E-state index contributed by atoms with van der Waals surface area (Å²) < 4.78 is 5.92. The van der Waals surface area contributed by atoms with E-state index < -0.39 is 42.3 Å². The standard InChI is InChI=1S/C41H66N6O7/c1-25(2)32(23-33(48)42-24-29-17-13-12-14-18-29)54-41(53)31-20-16-22-47(31)38(50)30-19-15-21-46(30)40(52)36(28(7)8)45(11)39(51)34(26(3)4)43-37(49)35(27(5)6)44(9)10/h12-14,17-18,25-28,30-32,34-36H,15-16,19-24H2,1-11H3,(H,42,48)(H,43,49)/t30-,31-,32?,34-,35-,36-/m0/s1. The van der Waals surface area contributed by atoms with Crippen molar-refractivity contribution in [1.29, 1.82) is 0 Å². The Labute approximate surface area is 322 Å². The van der Waals surface area contributed by atoms with Crippen LogP contribution in [0.4, 0.5) is 0 Å². The van der Waals surface area contributed by atoms with E-state index in [0.29, 0.717) is 45.3 Å². The van der Waals surface area contributed by atoms with Gasteiger partial charge in [-0.3, -0.25) is 28.9 Å². The Morgan fingerprint density at radius 2 is 1.33 bits per heavy atom. The van der Waals surface area contributed by atoms with Gasteiger partial charge in [0.1, 0.15) is 30.3 Å². The minimum atomic E-state index is -0.877. The van der Waals surface area contributed by atoms with E-state index in [0.717, 1.165) is 5.56 Å². The highest BCUT2D eigenvalue weighted by Crippen LogP contribution is 2.29. The van der Waals surface area contributed by atoms with Crippen LogP contribution in [0.1, 0.15) is 93.1 Å². The molecule has 0 aliphatic carbocycles. The van der Waals surface area contributed by atoms with Crippen LogP contribution < -0.4 is 10.6 Å². The molecular weight excluding hydrogens is 688 g/mol. The van der Waals surface area contributed by atoms with Gasteiger partial charge in [-0.1, -0.05) is 85.7 Å². The van der Waals surface area contributed by atoms with Gasteiger partial charge in [-0.15, -0.1) is 0 Å². The second kappa shape index (κ2) is 20.1. The van der Waals surface area contributed by atoms with Crippen molar-refractivity contribution in [3.63, 3.8) is 0 Å². The molecule has 2 aliphatic heterocycles. The SMILES string of the molecule is CC(C)C(CC(=O)NCc1ccccc1)OC(=O)[C@@H]1CCCN1C(=O)[C@@H]1CCCN1C(=O)[C@H](C(C)C)N(C)C(=O)[C@@H](NC(=O)[C@H](C(C)C)N(C)C)C(C)C. The molecule has 3 rings (SSSR count). The fourth-order valence-corrected chi connectivity index (χ4v) is 7.76. The maximum absolute atomic E-state index is 14.4. The van der Waals surface area contributed by atoms with Crippen LogP contribution in [0.15, 0.2) is 30.3 Å². The number of rotatable bonds is 17. The van der Waals surface area contributed by atoms with E-state index in [1.165, 1.54) is 9.80 Å². The van der Waals surface area contributed by atoms with Gasteiger partial charge in [-0.25, -0.2) is 4.79 Å². The van der Waals surface area contributed by atoms with E-state index in [2.05, 4.69) is 10.6 Å². The zero-order chi connectivity index (χ0) is 40.4. The first-order chi connectivity index (χ1) is 25.4. The number of nitrogens with zero attached hydrogens (tertiary/aromatic N) is 4. The zero-order valence-corrected chi connectivity index (χ0v) is 34.5. The molecule has 1 aromatic rings. The van der Waals surface area contributed by atoms with Gasteiger partial charge in [0.25, 0.3) is 0 Å². The van der Waals surface area contributed by atoms with Crippen LogP contribution in [0.25, 0.3) is 0 Å². The van der Waals surface area contributed by atoms with Crippen molar-refractivity contribution in [2.75, 3.05) is 34.2 Å². The Bertz CT molecular complexity index is 1440. The molecule has 0 bridgehead atoms. The lowest BCUT2D eigenvalue weighted by atomic mass is 9.96. The van der Waals surface area contributed by atoms with Crippen molar-refractivity contribution >= 4 is 35.5 Å². The highest BCUT2D eigenvalue weighted by atomic mass is 16.5. The molecule has 2 heterocycles. The molecule has 2 aliphatic rings. The van der Waals surface area contributed by atoms with E-state index in [9.17, 15) is 28.8 Å². The van der Waals surface area contributed by atoms with E-state index in [1.54, 1.807) is 11.9 Å². The number of ether oxygens (including phenoxy) is 1. The summed E-state index contributed by atoms with van der Waals surface area (Å²) in [5.74, 6) is -2.70. The third-order valence-corrected chi connectivity index (χ3v) is 10.7. The van der Waals surface area contributed by atoms with Crippen molar-refractivity contribution in [2.45, 2.75) is 130 Å². The second-order valence-corrected chi connectivity index (χ2v) is 16.6. The molecule has 0 spiro atoms. The van der Waals surface area contributed by atoms with Crippen LogP contribution in [-0.4, -0.2) is 126 Å². The van der Waals surface area contributed by atoms with Gasteiger partial charge in [0.2, 0.25) is 29.5 Å². The number of esters is 1. The van der Waals surface area contributed by atoms with E-state index in [4.69, 9.17) is 4.74 Å². The van der Waals surface area contributed by atoms with Gasteiger partial charge < -0.3 is 30.1 Å². The minimum absolute atomic E-state index is 0.0000533. The number of hydrogen-bond acceptors (Lipinski definition) is 8. The number of hydrogen-bond donors (Lipinski definition) is 2. The predicted molar refractivity (Wildman–Crippen MR) is 208 cm³/mol. The number of carbonyl (C=O) groups excluding carboxylic acids is 6. The van der Waals surface area contributed by atoms with Gasteiger partial charge in [-0.2, -0.15) is 0 Å².